The van der Waals surface area contributed by atoms with Crippen molar-refractivity contribution < 1.29 is 17.9 Å². The number of hydrogen-bond donors (Lipinski definition) is 1. The van der Waals surface area contributed by atoms with Crippen LogP contribution in [-0.2, 0) is 14.8 Å². The van der Waals surface area contributed by atoms with Gasteiger partial charge < -0.3 is 10.1 Å². The van der Waals surface area contributed by atoms with E-state index in [4.69, 9.17) is 4.74 Å². The Hall–Kier alpha value is -3.32. The number of nitrogens with one attached hydrogen (secondary N) is 1. The summed E-state index contributed by atoms with van der Waals surface area (Å²) >= 11 is 0. The van der Waals surface area contributed by atoms with E-state index in [-0.39, 0.29) is 24.6 Å². The number of hydrogen-bond acceptors (Lipinski definition) is 4. The molecule has 0 aromatic heterocycles. The molecule has 3 rings (SSSR count). The number of benzene rings is 3. The Morgan fingerprint density at radius 1 is 0.941 bits per heavy atom. The van der Waals surface area contributed by atoms with Crippen LogP contribution in [0.1, 0.15) is 36.5 Å². The SMILES string of the molecule is Cc1ccc(N(CC(=O)NCCOc2ccccc2C(C)C)S(=O)(=O)c2ccccc2)cc1C. The van der Waals surface area contributed by atoms with Crippen molar-refractivity contribution in [3.63, 3.8) is 0 Å². The number of para-hydroxylation sites is 1. The van der Waals surface area contributed by atoms with Crippen molar-refractivity contribution in [1.29, 1.82) is 0 Å². The van der Waals surface area contributed by atoms with Crippen LogP contribution in [0.3, 0.4) is 0 Å². The first-order valence-electron chi connectivity index (χ1n) is 11.3. The Morgan fingerprint density at radius 2 is 1.62 bits per heavy atom. The molecule has 3 aromatic carbocycles. The lowest BCUT2D eigenvalue weighted by Gasteiger charge is -2.25. The number of ether oxygens (including phenoxy) is 1. The van der Waals surface area contributed by atoms with Crippen molar-refractivity contribution in [3.05, 3.63) is 89.5 Å². The van der Waals surface area contributed by atoms with Gasteiger partial charge in [0.25, 0.3) is 10.0 Å². The normalized spacial score (nSPS) is 11.3. The van der Waals surface area contributed by atoms with Crippen molar-refractivity contribution in [2.45, 2.75) is 38.5 Å². The Balaban J connectivity index is 1.71. The zero-order valence-corrected chi connectivity index (χ0v) is 20.9. The molecule has 0 aliphatic heterocycles. The summed E-state index contributed by atoms with van der Waals surface area (Å²) in [7, 11) is -3.93. The van der Waals surface area contributed by atoms with E-state index >= 15 is 0 Å². The number of aryl methyl sites for hydroxylation is 2. The lowest BCUT2D eigenvalue weighted by atomic mass is 10.0. The molecule has 0 saturated carbocycles. The maximum atomic E-state index is 13.4. The molecule has 0 fully saturated rings. The molecule has 1 amide bonds. The van der Waals surface area contributed by atoms with Gasteiger partial charge in [-0.15, -0.1) is 0 Å². The van der Waals surface area contributed by atoms with Crippen LogP contribution in [0.2, 0.25) is 0 Å². The van der Waals surface area contributed by atoms with Gasteiger partial charge in [-0.25, -0.2) is 8.42 Å². The molecule has 7 heteroatoms. The van der Waals surface area contributed by atoms with Crippen LogP contribution >= 0.6 is 0 Å². The molecule has 0 unspecified atom stereocenters. The second-order valence-corrected chi connectivity index (χ2v) is 10.3. The van der Waals surface area contributed by atoms with Gasteiger partial charge in [-0.1, -0.05) is 56.3 Å². The average Bonchev–Trinajstić information content (AvgIpc) is 2.83. The first-order valence-corrected chi connectivity index (χ1v) is 12.8. The molecule has 6 nitrogen and oxygen atoms in total. The molecule has 34 heavy (non-hydrogen) atoms. The summed E-state index contributed by atoms with van der Waals surface area (Å²) in [6.45, 7) is 8.28. The van der Waals surface area contributed by atoms with E-state index in [1.54, 1.807) is 30.3 Å². The van der Waals surface area contributed by atoms with Gasteiger partial charge in [0.05, 0.1) is 17.1 Å². The third-order valence-corrected chi connectivity index (χ3v) is 7.41. The minimum absolute atomic E-state index is 0.134. The fraction of sp³-hybridized carbons (Fsp3) is 0.296. The quantitative estimate of drug-likeness (QED) is 0.422. The van der Waals surface area contributed by atoms with Gasteiger partial charge in [-0.2, -0.15) is 0 Å². The van der Waals surface area contributed by atoms with E-state index in [0.717, 1.165) is 26.7 Å². The van der Waals surface area contributed by atoms with Gasteiger partial charge in [0, 0.05) is 0 Å². The Bertz CT molecular complexity index is 1220. The van der Waals surface area contributed by atoms with Crippen LogP contribution < -0.4 is 14.4 Å². The summed E-state index contributed by atoms with van der Waals surface area (Å²) in [5.74, 6) is 0.703. The average molecular weight is 481 g/mol. The summed E-state index contributed by atoms with van der Waals surface area (Å²) in [5.41, 5.74) is 3.54. The Labute approximate surface area is 202 Å². The minimum Gasteiger partial charge on any atom is -0.491 e. The molecule has 0 bridgehead atoms. The predicted molar refractivity (Wildman–Crippen MR) is 136 cm³/mol. The van der Waals surface area contributed by atoms with Crippen LogP contribution in [0.5, 0.6) is 5.75 Å². The predicted octanol–water partition coefficient (Wildman–Crippen LogP) is 4.82. The molecule has 0 heterocycles. The van der Waals surface area contributed by atoms with Crippen molar-refractivity contribution in [2.75, 3.05) is 24.0 Å². The molecular weight excluding hydrogens is 448 g/mol. The van der Waals surface area contributed by atoms with Crippen molar-refractivity contribution in [2.24, 2.45) is 0 Å². The topological polar surface area (TPSA) is 75.7 Å². The highest BCUT2D eigenvalue weighted by Crippen LogP contribution is 2.26. The van der Waals surface area contributed by atoms with E-state index in [1.165, 1.54) is 12.1 Å². The van der Waals surface area contributed by atoms with E-state index in [1.807, 2.05) is 44.2 Å². The third-order valence-electron chi connectivity index (χ3n) is 5.62. The van der Waals surface area contributed by atoms with E-state index in [0.29, 0.717) is 11.6 Å². The van der Waals surface area contributed by atoms with Crippen molar-refractivity contribution in [3.8, 4) is 5.75 Å². The fourth-order valence-electron chi connectivity index (χ4n) is 3.54. The molecule has 180 valence electrons. The first kappa shape index (κ1) is 25.3. The largest absolute Gasteiger partial charge is 0.491 e. The molecule has 1 N–H and O–H groups in total. The summed E-state index contributed by atoms with van der Waals surface area (Å²) < 4.78 is 33.8. The number of carbonyl (C=O) groups is 1. The molecular formula is C27H32N2O4S. The zero-order chi connectivity index (χ0) is 24.7. The van der Waals surface area contributed by atoms with Gasteiger partial charge in [0.1, 0.15) is 18.9 Å². The van der Waals surface area contributed by atoms with Gasteiger partial charge in [0.2, 0.25) is 5.91 Å². The molecule has 0 atom stereocenters. The summed E-state index contributed by atoms with van der Waals surface area (Å²) in [6.07, 6.45) is 0. The second kappa shape index (κ2) is 11.2. The van der Waals surface area contributed by atoms with E-state index in [2.05, 4.69) is 19.2 Å². The van der Waals surface area contributed by atoms with Gasteiger partial charge >= 0.3 is 0 Å². The molecule has 0 aliphatic rings. The van der Waals surface area contributed by atoms with Crippen LogP contribution in [-0.4, -0.2) is 34.0 Å². The van der Waals surface area contributed by atoms with Gasteiger partial charge in [-0.3, -0.25) is 9.10 Å². The highest BCUT2D eigenvalue weighted by Gasteiger charge is 2.27. The smallest absolute Gasteiger partial charge is 0.264 e. The summed E-state index contributed by atoms with van der Waals surface area (Å²) in [5, 5.41) is 2.78. The Morgan fingerprint density at radius 3 is 2.29 bits per heavy atom. The van der Waals surface area contributed by atoms with Crippen LogP contribution in [0, 0.1) is 13.8 Å². The molecule has 3 aromatic rings. The number of rotatable bonds is 10. The highest BCUT2D eigenvalue weighted by atomic mass is 32.2. The number of nitrogens with zero attached hydrogens (tertiary/aromatic N) is 1. The maximum absolute atomic E-state index is 13.4. The lowest BCUT2D eigenvalue weighted by molar-refractivity contribution is -0.119. The van der Waals surface area contributed by atoms with Gasteiger partial charge in [0.15, 0.2) is 0 Å². The number of carbonyl (C=O) groups excluding carboxylic acids is 1. The summed E-state index contributed by atoms with van der Waals surface area (Å²) in [6, 6.07) is 21.3. The molecule has 0 aliphatic carbocycles. The maximum Gasteiger partial charge on any atom is 0.264 e. The monoisotopic (exact) mass is 480 g/mol. The van der Waals surface area contributed by atoms with E-state index < -0.39 is 15.9 Å². The van der Waals surface area contributed by atoms with Crippen LogP contribution in [0.15, 0.2) is 77.7 Å². The standard InChI is InChI=1S/C27H32N2O4S/c1-20(2)25-12-8-9-13-26(25)33-17-16-28-27(30)19-29(23-15-14-21(3)22(4)18-23)34(31,32)24-10-6-5-7-11-24/h5-15,18,20H,16-17,19H2,1-4H3,(H,28,30). The number of sulfonamides is 1. The van der Waals surface area contributed by atoms with Crippen LogP contribution in [0.25, 0.3) is 0 Å². The minimum atomic E-state index is -3.93. The third kappa shape index (κ3) is 6.17. The number of anilines is 1. The number of amides is 1. The summed E-state index contributed by atoms with van der Waals surface area (Å²) in [4.78, 5) is 12.9. The van der Waals surface area contributed by atoms with Gasteiger partial charge in [-0.05, 0) is 66.8 Å². The zero-order valence-electron chi connectivity index (χ0n) is 20.1. The van der Waals surface area contributed by atoms with Crippen LogP contribution in [0.4, 0.5) is 5.69 Å². The molecule has 0 saturated heterocycles. The molecule has 0 radical (unpaired) electrons. The van der Waals surface area contributed by atoms with Crippen molar-refractivity contribution >= 4 is 21.6 Å². The van der Waals surface area contributed by atoms with Crippen molar-refractivity contribution in [1.82, 2.24) is 5.32 Å². The first-order chi connectivity index (χ1) is 16.2. The van der Waals surface area contributed by atoms with E-state index in [9.17, 15) is 13.2 Å². The second-order valence-electron chi connectivity index (χ2n) is 8.48. The Kier molecular flexibility index (Phi) is 8.34. The molecule has 0 spiro atoms. The highest BCUT2D eigenvalue weighted by molar-refractivity contribution is 7.92. The fourth-order valence-corrected chi connectivity index (χ4v) is 4.98. The lowest BCUT2D eigenvalue weighted by Crippen LogP contribution is -2.42.